The Bertz CT molecular complexity index is 490. The number of amides is 2. The molecule has 1 fully saturated rings. The van der Waals surface area contributed by atoms with Gasteiger partial charge in [0.05, 0.1) is 38.2 Å². The highest BCUT2D eigenvalue weighted by atomic mass is 16.5. The molecule has 2 rings (SSSR count). The van der Waals surface area contributed by atoms with E-state index in [0.29, 0.717) is 11.6 Å². The maximum atomic E-state index is 11.8. The molecule has 8 heteroatoms. The Morgan fingerprint density at radius 3 is 2.85 bits per heavy atom. The fourth-order valence-electron chi connectivity index (χ4n) is 1.85. The van der Waals surface area contributed by atoms with Crippen molar-refractivity contribution >= 4 is 17.7 Å². The Balaban J connectivity index is 1.90. The summed E-state index contributed by atoms with van der Waals surface area (Å²) in [4.78, 5) is 26.6. The van der Waals surface area contributed by atoms with Crippen molar-refractivity contribution in [3.8, 4) is 5.88 Å². The van der Waals surface area contributed by atoms with Gasteiger partial charge in [-0.1, -0.05) is 0 Å². The highest BCUT2D eigenvalue weighted by Crippen LogP contribution is 2.15. The van der Waals surface area contributed by atoms with Crippen molar-refractivity contribution in [1.82, 2.24) is 10.3 Å². The van der Waals surface area contributed by atoms with Crippen LogP contribution in [0.1, 0.15) is 0 Å². The van der Waals surface area contributed by atoms with E-state index in [1.54, 1.807) is 12.1 Å². The fourth-order valence-corrected chi connectivity index (χ4v) is 1.85. The van der Waals surface area contributed by atoms with Crippen molar-refractivity contribution in [2.75, 3.05) is 25.6 Å². The fraction of sp³-hybridized carbons (Fsp3) is 0.417. The molecular formula is C12H15N3O5. The molecule has 1 aromatic heterocycles. The van der Waals surface area contributed by atoms with Crippen LogP contribution in [0.15, 0.2) is 18.3 Å². The minimum atomic E-state index is -0.987. The summed E-state index contributed by atoms with van der Waals surface area (Å²) in [5.74, 6) is -1.28. The highest BCUT2D eigenvalue weighted by molar-refractivity contribution is 5.89. The zero-order chi connectivity index (χ0) is 14.5. The van der Waals surface area contributed by atoms with E-state index >= 15 is 0 Å². The maximum Gasteiger partial charge on any atom is 0.319 e. The first-order valence-electron chi connectivity index (χ1n) is 5.98. The zero-order valence-electron chi connectivity index (χ0n) is 10.8. The van der Waals surface area contributed by atoms with Crippen LogP contribution in [0.25, 0.3) is 0 Å². The number of carboxylic acids is 1. The topological polar surface area (TPSA) is 110 Å². The molecule has 1 aliphatic rings. The normalized spacial score (nSPS) is 21.2. The molecule has 0 spiro atoms. The lowest BCUT2D eigenvalue weighted by atomic mass is 10.0. The molecule has 20 heavy (non-hydrogen) atoms. The first-order valence-corrected chi connectivity index (χ1v) is 5.98. The number of rotatable bonds is 4. The second-order valence-corrected chi connectivity index (χ2v) is 4.28. The molecule has 108 valence electrons. The van der Waals surface area contributed by atoms with E-state index in [-0.39, 0.29) is 13.2 Å². The predicted molar refractivity (Wildman–Crippen MR) is 68.7 cm³/mol. The first kappa shape index (κ1) is 14.1. The summed E-state index contributed by atoms with van der Waals surface area (Å²) < 4.78 is 9.96. The molecule has 1 saturated heterocycles. The van der Waals surface area contributed by atoms with Gasteiger partial charge in [0, 0.05) is 6.07 Å². The van der Waals surface area contributed by atoms with Crippen LogP contribution in [0.2, 0.25) is 0 Å². The van der Waals surface area contributed by atoms with Gasteiger partial charge >= 0.3 is 12.0 Å². The number of aromatic nitrogens is 1. The quantitative estimate of drug-likeness (QED) is 0.732. The molecule has 1 aromatic rings. The van der Waals surface area contributed by atoms with Crippen LogP contribution in [0, 0.1) is 5.92 Å². The number of ether oxygens (including phenoxy) is 2. The van der Waals surface area contributed by atoms with Gasteiger partial charge in [0.25, 0.3) is 0 Å². The van der Waals surface area contributed by atoms with Gasteiger partial charge < -0.3 is 25.2 Å². The molecule has 1 aliphatic heterocycles. The van der Waals surface area contributed by atoms with Crippen LogP contribution in [-0.4, -0.2) is 48.5 Å². The first-order chi connectivity index (χ1) is 9.60. The third-order valence-corrected chi connectivity index (χ3v) is 2.92. The number of anilines is 1. The largest absolute Gasteiger partial charge is 0.481 e. The number of carboxylic acid groups (broad SMARTS) is 1. The number of carbonyl (C=O) groups is 2. The van der Waals surface area contributed by atoms with Gasteiger partial charge in [-0.25, -0.2) is 9.78 Å². The summed E-state index contributed by atoms with van der Waals surface area (Å²) in [6.45, 7) is 0.287. The van der Waals surface area contributed by atoms with E-state index in [4.69, 9.17) is 14.6 Å². The van der Waals surface area contributed by atoms with E-state index in [2.05, 4.69) is 15.6 Å². The van der Waals surface area contributed by atoms with E-state index in [1.807, 2.05) is 0 Å². The van der Waals surface area contributed by atoms with Gasteiger partial charge in [0.1, 0.15) is 5.92 Å². The molecule has 2 heterocycles. The Morgan fingerprint density at radius 2 is 2.25 bits per heavy atom. The smallest absolute Gasteiger partial charge is 0.319 e. The second kappa shape index (κ2) is 6.20. The summed E-state index contributed by atoms with van der Waals surface area (Å²) in [7, 11) is 1.49. The number of nitrogens with one attached hydrogen (secondary N) is 2. The Hall–Kier alpha value is -2.35. The Kier molecular flexibility index (Phi) is 4.36. The van der Waals surface area contributed by atoms with Crippen molar-refractivity contribution in [1.29, 1.82) is 0 Å². The summed E-state index contributed by atoms with van der Waals surface area (Å²) in [6, 6.07) is 2.19. The number of nitrogens with zero attached hydrogens (tertiary/aromatic N) is 1. The van der Waals surface area contributed by atoms with E-state index in [1.165, 1.54) is 13.3 Å². The van der Waals surface area contributed by atoms with Gasteiger partial charge in [0.2, 0.25) is 5.88 Å². The molecule has 0 saturated carbocycles. The van der Waals surface area contributed by atoms with E-state index < -0.39 is 24.0 Å². The lowest BCUT2D eigenvalue weighted by Gasteiger charge is -2.16. The van der Waals surface area contributed by atoms with E-state index in [0.717, 1.165) is 0 Å². The second-order valence-electron chi connectivity index (χ2n) is 4.28. The third-order valence-electron chi connectivity index (χ3n) is 2.92. The van der Waals surface area contributed by atoms with Crippen LogP contribution in [0.3, 0.4) is 0 Å². The lowest BCUT2D eigenvalue weighted by Crippen LogP contribution is -2.44. The molecule has 8 nitrogen and oxygen atoms in total. The molecule has 0 bridgehead atoms. The molecule has 2 amide bonds. The molecule has 3 N–H and O–H groups in total. The number of hydrogen-bond acceptors (Lipinski definition) is 5. The number of hydrogen-bond donors (Lipinski definition) is 3. The van der Waals surface area contributed by atoms with Gasteiger partial charge in [0.15, 0.2) is 0 Å². The van der Waals surface area contributed by atoms with Crippen LogP contribution < -0.4 is 15.4 Å². The minimum absolute atomic E-state index is 0.102. The molecule has 2 atom stereocenters. The molecular weight excluding hydrogens is 266 g/mol. The van der Waals surface area contributed by atoms with Crippen LogP contribution >= 0.6 is 0 Å². The summed E-state index contributed by atoms with van der Waals surface area (Å²) >= 11 is 0. The SMILES string of the molecule is COc1ccc(NC(=O)NC2COCC2C(=O)O)cn1. The maximum absolute atomic E-state index is 11.8. The number of carbonyl (C=O) groups excluding carboxylic acids is 1. The standard InChI is InChI=1S/C12H15N3O5/c1-19-10-3-2-7(4-13-10)14-12(18)15-9-6-20-5-8(9)11(16)17/h2-4,8-9H,5-6H2,1H3,(H,16,17)(H2,14,15,18). The van der Waals surface area contributed by atoms with E-state index in [9.17, 15) is 9.59 Å². The average molecular weight is 281 g/mol. The van der Waals surface area contributed by atoms with Crippen molar-refractivity contribution in [3.05, 3.63) is 18.3 Å². The van der Waals surface area contributed by atoms with Crippen molar-refractivity contribution in [2.24, 2.45) is 5.92 Å². The molecule has 0 aromatic carbocycles. The monoisotopic (exact) mass is 281 g/mol. The Labute approximate surface area is 115 Å². The van der Waals surface area contributed by atoms with Gasteiger partial charge in [-0.2, -0.15) is 0 Å². The van der Waals surface area contributed by atoms with Gasteiger partial charge in [-0.05, 0) is 6.07 Å². The lowest BCUT2D eigenvalue weighted by molar-refractivity contribution is -0.142. The van der Waals surface area contributed by atoms with Crippen molar-refractivity contribution in [2.45, 2.75) is 6.04 Å². The average Bonchev–Trinajstić information content (AvgIpc) is 2.87. The third kappa shape index (κ3) is 3.35. The number of urea groups is 1. The summed E-state index contributed by atoms with van der Waals surface area (Å²) in [5, 5.41) is 14.1. The highest BCUT2D eigenvalue weighted by Gasteiger charge is 2.35. The van der Waals surface area contributed by atoms with Gasteiger partial charge in [-0.15, -0.1) is 0 Å². The molecule has 2 unspecified atom stereocenters. The van der Waals surface area contributed by atoms with Crippen molar-refractivity contribution in [3.63, 3.8) is 0 Å². The van der Waals surface area contributed by atoms with Crippen LogP contribution in [0.5, 0.6) is 5.88 Å². The zero-order valence-corrected chi connectivity index (χ0v) is 10.8. The number of pyridine rings is 1. The number of aliphatic carboxylic acids is 1. The van der Waals surface area contributed by atoms with Gasteiger partial charge in [-0.3, -0.25) is 4.79 Å². The van der Waals surface area contributed by atoms with Crippen LogP contribution in [-0.2, 0) is 9.53 Å². The van der Waals surface area contributed by atoms with Crippen molar-refractivity contribution < 1.29 is 24.2 Å². The Morgan fingerprint density at radius 1 is 1.45 bits per heavy atom. The van der Waals surface area contributed by atoms with Crippen LogP contribution in [0.4, 0.5) is 10.5 Å². The summed E-state index contributed by atoms with van der Waals surface area (Å²) in [5.41, 5.74) is 0.481. The molecule has 0 radical (unpaired) electrons. The minimum Gasteiger partial charge on any atom is -0.481 e. The number of methoxy groups -OCH3 is 1. The predicted octanol–water partition coefficient (Wildman–Crippen LogP) is 0.311. The molecule has 0 aliphatic carbocycles. The summed E-state index contributed by atoms with van der Waals surface area (Å²) in [6.07, 6.45) is 1.44.